The van der Waals surface area contributed by atoms with Crippen molar-refractivity contribution in [2.24, 2.45) is 23.7 Å². The van der Waals surface area contributed by atoms with Crippen LogP contribution in [0, 0.1) is 23.7 Å². The molecular formula is C23H20Br2N2O3. The van der Waals surface area contributed by atoms with Gasteiger partial charge in [-0.15, -0.1) is 0 Å². The molecule has 3 amide bonds. The molecule has 3 fully saturated rings. The minimum absolute atomic E-state index is 0.139. The van der Waals surface area contributed by atoms with E-state index in [1.807, 2.05) is 60.7 Å². The number of benzene rings is 2. The van der Waals surface area contributed by atoms with Crippen LogP contribution in [0.5, 0.6) is 0 Å². The highest BCUT2D eigenvalue weighted by Crippen LogP contribution is 2.60. The molecule has 2 aromatic rings. The summed E-state index contributed by atoms with van der Waals surface area (Å²) in [6, 6.07) is 18.6. The van der Waals surface area contributed by atoms with Gasteiger partial charge in [-0.1, -0.05) is 68.3 Å². The van der Waals surface area contributed by atoms with Crippen molar-refractivity contribution in [3.8, 4) is 0 Å². The van der Waals surface area contributed by atoms with Gasteiger partial charge in [0.2, 0.25) is 11.8 Å². The third-order valence-electron chi connectivity index (χ3n) is 6.65. The molecule has 0 radical (unpaired) electrons. The van der Waals surface area contributed by atoms with Crippen molar-refractivity contribution in [1.29, 1.82) is 0 Å². The third-order valence-corrected chi connectivity index (χ3v) is 9.86. The summed E-state index contributed by atoms with van der Waals surface area (Å²) < 4.78 is 0. The maximum absolute atomic E-state index is 13.4. The lowest BCUT2D eigenvalue weighted by molar-refractivity contribution is -0.143. The van der Waals surface area contributed by atoms with E-state index in [-0.39, 0.29) is 57.6 Å². The van der Waals surface area contributed by atoms with Crippen molar-refractivity contribution < 1.29 is 14.4 Å². The SMILES string of the molecule is O=C1[C@@H]2[C@H]3C[C@@H]([C@H](Br)[C@H]3Br)[C@@H]2C(=O)N1CC(=O)N(c1ccccc1)c1ccccc1. The van der Waals surface area contributed by atoms with E-state index in [2.05, 4.69) is 31.9 Å². The van der Waals surface area contributed by atoms with Gasteiger partial charge >= 0.3 is 0 Å². The molecule has 30 heavy (non-hydrogen) atoms. The number of likely N-dealkylation sites (tertiary alicyclic amines) is 1. The summed E-state index contributed by atoms with van der Waals surface area (Å²) in [5.41, 5.74) is 1.41. The predicted molar refractivity (Wildman–Crippen MR) is 121 cm³/mol. The topological polar surface area (TPSA) is 57.7 Å². The zero-order valence-corrected chi connectivity index (χ0v) is 19.2. The van der Waals surface area contributed by atoms with Crippen LogP contribution in [0.3, 0.4) is 0 Å². The number of imide groups is 1. The van der Waals surface area contributed by atoms with Gasteiger partial charge in [-0.2, -0.15) is 0 Å². The first-order valence-corrected chi connectivity index (χ1v) is 11.9. The fraction of sp³-hybridized carbons (Fsp3) is 0.348. The first kappa shape index (κ1) is 19.9. The molecule has 0 aromatic heterocycles. The van der Waals surface area contributed by atoms with Crippen LogP contribution in [0.4, 0.5) is 11.4 Å². The van der Waals surface area contributed by atoms with Gasteiger partial charge in [-0.25, -0.2) is 0 Å². The van der Waals surface area contributed by atoms with E-state index < -0.39 is 0 Å². The number of carbonyl (C=O) groups excluding carboxylic acids is 3. The quantitative estimate of drug-likeness (QED) is 0.440. The number of carbonyl (C=O) groups is 3. The summed E-state index contributed by atoms with van der Waals surface area (Å²) in [4.78, 5) is 42.8. The second-order valence-electron chi connectivity index (χ2n) is 8.17. The first-order valence-electron chi connectivity index (χ1n) is 10.1. The van der Waals surface area contributed by atoms with Crippen LogP contribution in [-0.4, -0.2) is 38.8 Å². The number of fused-ring (bicyclic) bond motifs is 5. The summed E-state index contributed by atoms with van der Waals surface area (Å²) >= 11 is 7.39. The number of nitrogens with zero attached hydrogens (tertiary/aromatic N) is 2. The Kier molecular flexibility index (Phi) is 5.06. The molecule has 1 aliphatic heterocycles. The Hall–Kier alpha value is -1.99. The molecule has 1 heterocycles. The van der Waals surface area contributed by atoms with E-state index in [1.54, 1.807) is 4.90 Å². The number of para-hydroxylation sites is 2. The standard InChI is InChI=1S/C23H20Br2N2O3/c24-20-15-11-16(21(20)25)19-18(15)22(29)26(23(19)30)12-17(28)27(13-7-3-1-4-8-13)14-9-5-2-6-10-14/h1-10,15-16,18-21H,11-12H2/t15-,16-,18-,19+,20+,21+/m1/s1. The monoisotopic (exact) mass is 530 g/mol. The van der Waals surface area contributed by atoms with E-state index in [4.69, 9.17) is 0 Å². The smallest absolute Gasteiger partial charge is 0.251 e. The minimum Gasteiger partial charge on any atom is -0.280 e. The Morgan fingerprint density at radius 2 is 1.27 bits per heavy atom. The zero-order valence-electron chi connectivity index (χ0n) is 16.0. The largest absolute Gasteiger partial charge is 0.280 e. The van der Waals surface area contributed by atoms with Gasteiger partial charge in [0.15, 0.2) is 0 Å². The highest BCUT2D eigenvalue weighted by Gasteiger charge is 2.66. The molecule has 5 rings (SSSR count). The average Bonchev–Trinajstić information content (AvgIpc) is 3.36. The molecule has 0 N–H and O–H groups in total. The van der Waals surface area contributed by atoms with Crippen LogP contribution in [0.25, 0.3) is 0 Å². The number of hydrogen-bond donors (Lipinski definition) is 0. The van der Waals surface area contributed by atoms with Crippen molar-refractivity contribution in [3.63, 3.8) is 0 Å². The van der Waals surface area contributed by atoms with Gasteiger partial charge in [0, 0.05) is 21.0 Å². The van der Waals surface area contributed by atoms with E-state index in [9.17, 15) is 14.4 Å². The Labute approximate surface area is 191 Å². The van der Waals surface area contributed by atoms with Crippen LogP contribution in [0.1, 0.15) is 6.42 Å². The summed E-state index contributed by atoms with van der Waals surface area (Å²) in [6.45, 7) is -0.242. The van der Waals surface area contributed by atoms with Crippen molar-refractivity contribution in [2.45, 2.75) is 16.1 Å². The number of halogens is 2. The van der Waals surface area contributed by atoms with E-state index in [0.29, 0.717) is 11.4 Å². The molecule has 2 aromatic carbocycles. The van der Waals surface area contributed by atoms with Crippen molar-refractivity contribution in [1.82, 2.24) is 4.90 Å². The summed E-state index contributed by atoms with van der Waals surface area (Å²) in [6.07, 6.45) is 0.876. The zero-order chi connectivity index (χ0) is 21.0. The van der Waals surface area contributed by atoms with E-state index in [1.165, 1.54) is 4.90 Å². The van der Waals surface area contributed by atoms with Crippen LogP contribution >= 0.6 is 31.9 Å². The van der Waals surface area contributed by atoms with Gasteiger partial charge < -0.3 is 0 Å². The highest BCUT2D eigenvalue weighted by molar-refractivity contribution is 9.12. The fourth-order valence-corrected chi connectivity index (χ4v) is 7.24. The lowest BCUT2D eigenvalue weighted by atomic mass is 9.81. The molecule has 7 heteroatoms. The molecule has 2 aliphatic carbocycles. The number of rotatable bonds is 4. The van der Waals surface area contributed by atoms with Crippen molar-refractivity contribution in [3.05, 3.63) is 60.7 Å². The maximum Gasteiger partial charge on any atom is 0.251 e. The molecule has 6 atom stereocenters. The summed E-state index contributed by atoms with van der Waals surface area (Å²) in [5.74, 6) is -1.04. The number of amides is 3. The molecule has 5 nitrogen and oxygen atoms in total. The average molecular weight is 532 g/mol. The number of anilines is 2. The Bertz CT molecular complexity index is 929. The van der Waals surface area contributed by atoms with Gasteiger partial charge in [0.1, 0.15) is 6.54 Å². The lowest BCUT2D eigenvalue weighted by Gasteiger charge is -2.28. The van der Waals surface area contributed by atoms with Crippen LogP contribution < -0.4 is 4.90 Å². The van der Waals surface area contributed by atoms with Gasteiger partial charge in [-0.05, 0) is 42.5 Å². The van der Waals surface area contributed by atoms with Crippen LogP contribution in [-0.2, 0) is 14.4 Å². The van der Waals surface area contributed by atoms with Gasteiger partial charge in [0.25, 0.3) is 5.91 Å². The number of hydrogen-bond acceptors (Lipinski definition) is 3. The maximum atomic E-state index is 13.4. The fourth-order valence-electron chi connectivity index (χ4n) is 5.36. The normalized spacial score (nSPS) is 31.9. The minimum atomic E-state index is -0.310. The lowest BCUT2D eigenvalue weighted by Crippen LogP contribution is -2.42. The van der Waals surface area contributed by atoms with Gasteiger partial charge in [0.05, 0.1) is 11.8 Å². The molecule has 0 spiro atoms. The first-order chi connectivity index (χ1) is 14.5. The molecule has 1 saturated heterocycles. The molecular weight excluding hydrogens is 512 g/mol. The Morgan fingerprint density at radius 3 is 1.70 bits per heavy atom. The van der Waals surface area contributed by atoms with Crippen LogP contribution in [0.15, 0.2) is 60.7 Å². The number of alkyl halides is 2. The highest BCUT2D eigenvalue weighted by atomic mass is 79.9. The molecule has 154 valence electrons. The molecule has 3 aliphatic rings. The Balaban J connectivity index is 1.43. The van der Waals surface area contributed by atoms with Crippen LogP contribution in [0.2, 0.25) is 0 Å². The molecule has 0 unspecified atom stereocenters. The molecule has 2 saturated carbocycles. The van der Waals surface area contributed by atoms with E-state index >= 15 is 0 Å². The van der Waals surface area contributed by atoms with Crippen molar-refractivity contribution >= 4 is 61.0 Å². The Morgan fingerprint density at radius 1 is 0.833 bits per heavy atom. The third kappa shape index (κ3) is 2.97. The summed E-state index contributed by atoms with van der Waals surface area (Å²) in [5, 5.41) is 0. The molecule has 2 bridgehead atoms. The predicted octanol–water partition coefficient (Wildman–Crippen LogP) is 4.13. The second kappa shape index (κ2) is 7.61. The summed E-state index contributed by atoms with van der Waals surface area (Å²) in [7, 11) is 0. The van der Waals surface area contributed by atoms with Crippen molar-refractivity contribution in [2.75, 3.05) is 11.4 Å². The second-order valence-corrected chi connectivity index (χ2v) is 10.3. The van der Waals surface area contributed by atoms with Gasteiger partial charge in [-0.3, -0.25) is 24.2 Å². The van der Waals surface area contributed by atoms with E-state index in [0.717, 1.165) is 6.42 Å².